The van der Waals surface area contributed by atoms with E-state index in [1.165, 1.54) is 83.5 Å². The lowest BCUT2D eigenvalue weighted by Gasteiger charge is -2.18. The van der Waals surface area contributed by atoms with E-state index in [2.05, 4.69) is 38.2 Å². The monoisotopic (exact) mass is 773 g/mol. The van der Waals surface area contributed by atoms with Gasteiger partial charge in [-0.2, -0.15) is 0 Å². The van der Waals surface area contributed by atoms with Crippen LogP contribution in [0.4, 0.5) is 0 Å². The van der Waals surface area contributed by atoms with Gasteiger partial charge in [0.1, 0.15) is 13.2 Å². The Morgan fingerprint density at radius 3 is 1.31 bits per heavy atom. The third-order valence-corrected chi connectivity index (χ3v) is 9.72. The molecular weight excluding hydrogens is 696 g/mol. The van der Waals surface area contributed by atoms with Crippen molar-refractivity contribution in [1.82, 2.24) is 0 Å². The fourth-order valence-electron chi connectivity index (χ4n) is 6.27. The summed E-state index contributed by atoms with van der Waals surface area (Å²) in [5.74, 6) is -3.90. The topological polar surface area (TPSA) is 140 Å². The highest BCUT2D eigenvalue weighted by atomic mass is 16.6. The van der Waals surface area contributed by atoms with Gasteiger partial charge in [-0.05, 0) is 76.3 Å². The number of hydrogen-bond acceptors (Lipinski definition) is 9. The first kappa shape index (κ1) is 49.5. The average molecular weight is 773 g/mol. The molecule has 1 atom stereocenters. The number of carbonyl (C=O) groups is 3. The molecule has 1 rings (SSSR count). The van der Waals surface area contributed by atoms with Gasteiger partial charge in [0.25, 0.3) is 0 Å². The molecular formula is C46H76O9. The molecule has 0 aliphatic rings. The zero-order chi connectivity index (χ0) is 40.2. The number of allylic oxidation sites excluding steroid dienone is 4. The molecule has 314 valence electrons. The number of benzene rings is 1. The molecule has 1 aromatic rings. The minimum Gasteiger partial charge on any atom is -0.504 e. The van der Waals surface area contributed by atoms with E-state index in [1.54, 1.807) is 0 Å². The van der Waals surface area contributed by atoms with Crippen LogP contribution in [0.25, 0.3) is 0 Å². The number of rotatable bonds is 36. The third-order valence-electron chi connectivity index (χ3n) is 9.72. The van der Waals surface area contributed by atoms with E-state index in [-0.39, 0.29) is 31.6 Å². The van der Waals surface area contributed by atoms with E-state index in [4.69, 9.17) is 14.2 Å². The van der Waals surface area contributed by atoms with Gasteiger partial charge in [0.05, 0.1) is 5.56 Å². The Morgan fingerprint density at radius 1 is 0.509 bits per heavy atom. The lowest BCUT2D eigenvalue weighted by molar-refractivity contribution is -0.161. The zero-order valence-electron chi connectivity index (χ0n) is 34.5. The number of phenolic OH excluding ortho intramolecular Hbond substituents is 3. The van der Waals surface area contributed by atoms with Gasteiger partial charge in [-0.3, -0.25) is 9.59 Å². The van der Waals surface area contributed by atoms with E-state index in [0.717, 1.165) is 82.8 Å². The summed E-state index contributed by atoms with van der Waals surface area (Å²) in [6.45, 7) is 3.83. The van der Waals surface area contributed by atoms with Crippen molar-refractivity contribution in [2.45, 2.75) is 200 Å². The number of ether oxygens (including phenoxy) is 3. The first-order valence-corrected chi connectivity index (χ1v) is 21.9. The summed E-state index contributed by atoms with van der Waals surface area (Å²) in [4.78, 5) is 37.8. The van der Waals surface area contributed by atoms with Crippen LogP contribution in [0.5, 0.6) is 17.2 Å². The van der Waals surface area contributed by atoms with Gasteiger partial charge in [0.2, 0.25) is 0 Å². The van der Waals surface area contributed by atoms with Crippen molar-refractivity contribution < 1.29 is 43.9 Å². The Hall–Kier alpha value is -3.49. The molecule has 3 N–H and O–H groups in total. The second kappa shape index (κ2) is 35.0. The molecule has 0 spiro atoms. The lowest BCUT2D eigenvalue weighted by atomic mass is 10.1. The standard InChI is InChI=1S/C46H76O9/c1-3-5-7-9-11-13-15-17-19-21-23-25-27-29-31-33-43(49)53-37-40(38-54-46(52)39-35-41(47)45(51)42(48)36-39)55-44(50)34-32-30-28-26-24-22-20-18-16-14-12-10-8-6-4-2/h17-20,35-36,40,47-48,51H,3-16,21-34,37-38H2,1-2H3/b19-17-,20-18-. The van der Waals surface area contributed by atoms with Gasteiger partial charge in [-0.15, -0.1) is 0 Å². The van der Waals surface area contributed by atoms with Crippen LogP contribution in [0.2, 0.25) is 0 Å². The molecule has 0 saturated heterocycles. The fourth-order valence-corrected chi connectivity index (χ4v) is 6.27. The molecule has 0 amide bonds. The highest BCUT2D eigenvalue weighted by molar-refractivity contribution is 5.91. The number of phenols is 3. The fraction of sp³-hybridized carbons (Fsp3) is 0.717. The first-order valence-electron chi connectivity index (χ1n) is 21.9. The van der Waals surface area contributed by atoms with Crippen LogP contribution in [0, 0.1) is 0 Å². The van der Waals surface area contributed by atoms with E-state index < -0.39 is 41.3 Å². The minimum absolute atomic E-state index is 0.200. The molecule has 0 aliphatic heterocycles. The van der Waals surface area contributed by atoms with Gasteiger partial charge >= 0.3 is 17.9 Å². The van der Waals surface area contributed by atoms with Gasteiger partial charge in [-0.25, -0.2) is 4.79 Å². The summed E-state index contributed by atoms with van der Waals surface area (Å²) in [5.41, 5.74) is -0.202. The second-order valence-electron chi connectivity index (χ2n) is 14.9. The minimum atomic E-state index is -1.02. The van der Waals surface area contributed by atoms with E-state index in [9.17, 15) is 29.7 Å². The van der Waals surface area contributed by atoms with Crippen molar-refractivity contribution in [3.05, 3.63) is 42.0 Å². The lowest BCUT2D eigenvalue weighted by Crippen LogP contribution is -2.31. The number of carbonyl (C=O) groups excluding carboxylic acids is 3. The van der Waals surface area contributed by atoms with Crippen LogP contribution in [-0.4, -0.2) is 52.5 Å². The van der Waals surface area contributed by atoms with Gasteiger partial charge < -0.3 is 29.5 Å². The highest BCUT2D eigenvalue weighted by Gasteiger charge is 2.21. The molecule has 0 heterocycles. The zero-order valence-corrected chi connectivity index (χ0v) is 34.5. The normalized spacial score (nSPS) is 12.0. The highest BCUT2D eigenvalue weighted by Crippen LogP contribution is 2.35. The van der Waals surface area contributed by atoms with Crippen LogP contribution in [0.3, 0.4) is 0 Å². The van der Waals surface area contributed by atoms with Crippen LogP contribution in [0.1, 0.15) is 204 Å². The van der Waals surface area contributed by atoms with Crippen molar-refractivity contribution in [2.24, 2.45) is 0 Å². The van der Waals surface area contributed by atoms with Crippen LogP contribution in [-0.2, 0) is 23.8 Å². The Labute approximate surface area is 333 Å². The number of unbranched alkanes of at least 4 members (excludes halogenated alkanes) is 22. The number of aromatic hydroxyl groups is 3. The Bertz CT molecular complexity index is 1170. The number of hydrogen-bond donors (Lipinski definition) is 3. The molecule has 0 aliphatic carbocycles. The molecule has 55 heavy (non-hydrogen) atoms. The third kappa shape index (κ3) is 28.6. The molecule has 1 unspecified atom stereocenters. The summed E-state index contributed by atoms with van der Waals surface area (Å²) < 4.78 is 16.2. The van der Waals surface area contributed by atoms with Crippen LogP contribution < -0.4 is 0 Å². The van der Waals surface area contributed by atoms with Gasteiger partial charge in [-0.1, -0.05) is 141 Å². The van der Waals surface area contributed by atoms with Crippen molar-refractivity contribution in [1.29, 1.82) is 0 Å². The summed E-state index contributed by atoms with van der Waals surface area (Å²) in [6.07, 6.45) is 38.7. The summed E-state index contributed by atoms with van der Waals surface area (Å²) in [7, 11) is 0. The van der Waals surface area contributed by atoms with E-state index >= 15 is 0 Å². The van der Waals surface area contributed by atoms with Crippen molar-refractivity contribution in [3.8, 4) is 17.2 Å². The molecule has 1 aromatic carbocycles. The number of esters is 3. The Kier molecular flexibility index (Phi) is 31.5. The Balaban J connectivity index is 2.36. The molecule has 0 radical (unpaired) electrons. The Morgan fingerprint density at radius 2 is 0.873 bits per heavy atom. The smallest absolute Gasteiger partial charge is 0.338 e. The molecule has 0 fully saturated rings. The summed E-state index contributed by atoms with van der Waals surface area (Å²) in [6, 6.07) is 1.92. The summed E-state index contributed by atoms with van der Waals surface area (Å²) >= 11 is 0. The van der Waals surface area contributed by atoms with E-state index in [0.29, 0.717) is 12.8 Å². The largest absolute Gasteiger partial charge is 0.504 e. The van der Waals surface area contributed by atoms with Crippen LogP contribution >= 0.6 is 0 Å². The van der Waals surface area contributed by atoms with Crippen molar-refractivity contribution in [3.63, 3.8) is 0 Å². The predicted molar refractivity (Wildman–Crippen MR) is 221 cm³/mol. The SMILES string of the molecule is CCCCCCCC/C=C\CCCCCCCC(=O)OCC(COC(=O)c1cc(O)c(O)c(O)c1)OC(=O)CCCCCCC/C=C\CCCCCCCC. The first-order chi connectivity index (χ1) is 26.8. The maximum Gasteiger partial charge on any atom is 0.338 e. The molecule has 9 heteroatoms. The van der Waals surface area contributed by atoms with Gasteiger partial charge in [0, 0.05) is 12.8 Å². The maximum absolute atomic E-state index is 12.7. The van der Waals surface area contributed by atoms with Crippen molar-refractivity contribution in [2.75, 3.05) is 13.2 Å². The molecule has 9 nitrogen and oxygen atoms in total. The predicted octanol–water partition coefficient (Wildman–Crippen LogP) is 12.5. The molecule has 0 saturated carbocycles. The van der Waals surface area contributed by atoms with Crippen LogP contribution in [0.15, 0.2) is 36.4 Å². The van der Waals surface area contributed by atoms with Gasteiger partial charge in [0.15, 0.2) is 23.4 Å². The summed E-state index contributed by atoms with van der Waals surface area (Å²) in [5, 5.41) is 29.1. The maximum atomic E-state index is 12.7. The quantitative estimate of drug-likeness (QED) is 0.0200. The van der Waals surface area contributed by atoms with Crippen molar-refractivity contribution >= 4 is 17.9 Å². The molecule has 0 aromatic heterocycles. The molecule has 0 bridgehead atoms. The second-order valence-corrected chi connectivity index (χ2v) is 14.9. The van der Waals surface area contributed by atoms with E-state index in [1.807, 2.05) is 0 Å². The average Bonchev–Trinajstić information content (AvgIpc) is 3.17.